The van der Waals surface area contributed by atoms with E-state index in [1.807, 2.05) is 20.0 Å². The van der Waals surface area contributed by atoms with Gasteiger partial charge in [0, 0.05) is 43.4 Å². The molecule has 0 saturated carbocycles. The first-order valence-electron chi connectivity index (χ1n) is 7.02. The van der Waals surface area contributed by atoms with Crippen LogP contribution in [0, 0.1) is 6.92 Å². The summed E-state index contributed by atoms with van der Waals surface area (Å²) in [4.78, 5) is 9.89. The molecule has 0 aliphatic heterocycles. The number of hydrogen-bond donors (Lipinski definition) is 2. The number of sulfone groups is 1. The van der Waals surface area contributed by atoms with Crippen LogP contribution in [0.3, 0.4) is 0 Å². The van der Waals surface area contributed by atoms with Crippen LogP contribution in [-0.4, -0.2) is 51.0 Å². The molecule has 0 unspecified atom stereocenters. The minimum absolute atomic E-state index is 0.175. The van der Waals surface area contributed by atoms with Crippen molar-refractivity contribution in [3.05, 3.63) is 16.1 Å². The molecular weight excluding hydrogens is 308 g/mol. The third kappa shape index (κ3) is 8.67. The maximum atomic E-state index is 11.0. The van der Waals surface area contributed by atoms with Crippen molar-refractivity contribution in [2.75, 3.05) is 31.6 Å². The smallest absolute Gasteiger partial charge is 0.191 e. The van der Waals surface area contributed by atoms with E-state index in [0.29, 0.717) is 13.0 Å². The number of rotatable bonds is 8. The van der Waals surface area contributed by atoms with Crippen LogP contribution < -0.4 is 10.6 Å². The SMILES string of the molecule is CCNC(=NCCCS(C)(=O)=O)NCCc1ncc(C)s1. The normalized spacial score (nSPS) is 12.4. The lowest BCUT2D eigenvalue weighted by molar-refractivity contribution is 0.599. The number of thiazole rings is 1. The van der Waals surface area contributed by atoms with E-state index >= 15 is 0 Å². The summed E-state index contributed by atoms with van der Waals surface area (Å²) in [5.74, 6) is 0.896. The Kier molecular flexibility index (Phi) is 7.66. The minimum Gasteiger partial charge on any atom is -0.357 e. The zero-order valence-electron chi connectivity index (χ0n) is 12.8. The average Bonchev–Trinajstić information content (AvgIpc) is 2.79. The zero-order chi connectivity index (χ0) is 15.7. The number of aliphatic imine (C=N–C) groups is 1. The van der Waals surface area contributed by atoms with Gasteiger partial charge in [-0.15, -0.1) is 11.3 Å². The number of guanidine groups is 1. The fraction of sp³-hybridized carbons (Fsp3) is 0.692. The summed E-state index contributed by atoms with van der Waals surface area (Å²) < 4.78 is 22.1. The maximum Gasteiger partial charge on any atom is 0.191 e. The van der Waals surface area contributed by atoms with Crippen molar-refractivity contribution in [1.29, 1.82) is 0 Å². The number of nitrogens with one attached hydrogen (secondary N) is 2. The highest BCUT2D eigenvalue weighted by molar-refractivity contribution is 7.90. The van der Waals surface area contributed by atoms with Gasteiger partial charge >= 0.3 is 0 Å². The molecule has 1 rings (SSSR count). The van der Waals surface area contributed by atoms with Crippen LogP contribution in [0.2, 0.25) is 0 Å². The molecule has 8 heteroatoms. The van der Waals surface area contributed by atoms with Crippen LogP contribution in [0.25, 0.3) is 0 Å². The molecule has 2 N–H and O–H groups in total. The molecule has 1 aromatic heterocycles. The van der Waals surface area contributed by atoms with Gasteiger partial charge in [-0.1, -0.05) is 0 Å². The van der Waals surface area contributed by atoms with E-state index in [2.05, 4.69) is 20.6 Å². The molecule has 0 aromatic carbocycles. The summed E-state index contributed by atoms with van der Waals surface area (Å²) in [6.45, 7) is 6.07. The van der Waals surface area contributed by atoms with E-state index < -0.39 is 9.84 Å². The zero-order valence-corrected chi connectivity index (χ0v) is 14.5. The standard InChI is InChI=1S/C13H24N4O2S2/c1-4-14-13(15-7-5-9-21(3,18)19)16-8-6-12-17-10-11(2)20-12/h10H,4-9H2,1-3H3,(H2,14,15,16). The molecular formula is C13H24N4O2S2. The van der Waals surface area contributed by atoms with Crippen molar-refractivity contribution in [3.8, 4) is 0 Å². The summed E-state index contributed by atoms with van der Waals surface area (Å²) in [7, 11) is -2.90. The lowest BCUT2D eigenvalue weighted by atomic mass is 10.4. The van der Waals surface area contributed by atoms with E-state index in [9.17, 15) is 8.42 Å². The van der Waals surface area contributed by atoms with Crippen LogP contribution in [0.5, 0.6) is 0 Å². The van der Waals surface area contributed by atoms with E-state index in [1.165, 1.54) is 11.1 Å². The van der Waals surface area contributed by atoms with E-state index in [-0.39, 0.29) is 5.75 Å². The van der Waals surface area contributed by atoms with Gasteiger partial charge in [0.05, 0.1) is 10.8 Å². The van der Waals surface area contributed by atoms with Crippen LogP contribution in [0.15, 0.2) is 11.2 Å². The predicted molar refractivity (Wildman–Crippen MR) is 88.9 cm³/mol. The summed E-state index contributed by atoms with van der Waals surface area (Å²) in [5.41, 5.74) is 0. The molecule has 0 amide bonds. The molecule has 6 nitrogen and oxygen atoms in total. The monoisotopic (exact) mass is 332 g/mol. The van der Waals surface area contributed by atoms with E-state index in [0.717, 1.165) is 30.5 Å². The Morgan fingerprint density at radius 2 is 2.19 bits per heavy atom. The van der Waals surface area contributed by atoms with Crippen LogP contribution in [0.1, 0.15) is 23.2 Å². The van der Waals surface area contributed by atoms with Gasteiger partial charge in [0.1, 0.15) is 9.84 Å². The molecule has 0 aliphatic carbocycles. The Balaban J connectivity index is 2.34. The van der Waals surface area contributed by atoms with Crippen molar-refractivity contribution in [2.24, 2.45) is 4.99 Å². The second-order valence-electron chi connectivity index (χ2n) is 4.79. The number of hydrogen-bond acceptors (Lipinski definition) is 5. The van der Waals surface area contributed by atoms with Gasteiger partial charge in [-0.05, 0) is 20.3 Å². The van der Waals surface area contributed by atoms with Gasteiger partial charge in [-0.3, -0.25) is 4.99 Å². The maximum absolute atomic E-state index is 11.0. The Hall–Kier alpha value is -1.15. The van der Waals surface area contributed by atoms with Crippen molar-refractivity contribution < 1.29 is 8.42 Å². The van der Waals surface area contributed by atoms with Crippen LogP contribution >= 0.6 is 11.3 Å². The first-order valence-corrected chi connectivity index (χ1v) is 9.89. The highest BCUT2D eigenvalue weighted by Gasteiger charge is 2.02. The Labute approximate surface area is 131 Å². The number of aromatic nitrogens is 1. The molecule has 0 spiro atoms. The first-order chi connectivity index (χ1) is 9.90. The Bertz CT molecular complexity index is 552. The van der Waals surface area contributed by atoms with Crippen molar-refractivity contribution in [1.82, 2.24) is 15.6 Å². The van der Waals surface area contributed by atoms with Gasteiger partial charge in [0.15, 0.2) is 5.96 Å². The second kappa shape index (κ2) is 8.99. The van der Waals surface area contributed by atoms with Gasteiger partial charge in [-0.25, -0.2) is 13.4 Å². The molecule has 0 radical (unpaired) electrons. The fourth-order valence-corrected chi connectivity index (χ4v) is 3.10. The number of nitrogens with zero attached hydrogens (tertiary/aromatic N) is 2. The Morgan fingerprint density at radius 3 is 2.76 bits per heavy atom. The molecule has 0 atom stereocenters. The molecule has 0 aliphatic rings. The molecule has 120 valence electrons. The molecule has 1 heterocycles. The van der Waals surface area contributed by atoms with E-state index in [1.54, 1.807) is 11.3 Å². The fourth-order valence-electron chi connectivity index (χ4n) is 1.66. The Morgan fingerprint density at radius 1 is 1.43 bits per heavy atom. The van der Waals surface area contributed by atoms with E-state index in [4.69, 9.17) is 0 Å². The first kappa shape index (κ1) is 17.9. The lowest BCUT2D eigenvalue weighted by Crippen LogP contribution is -2.38. The van der Waals surface area contributed by atoms with Gasteiger partial charge in [0.2, 0.25) is 0 Å². The molecule has 21 heavy (non-hydrogen) atoms. The summed E-state index contributed by atoms with van der Waals surface area (Å²) in [6.07, 6.45) is 4.52. The van der Waals surface area contributed by atoms with Gasteiger partial charge < -0.3 is 10.6 Å². The van der Waals surface area contributed by atoms with Crippen molar-refractivity contribution in [3.63, 3.8) is 0 Å². The minimum atomic E-state index is -2.90. The van der Waals surface area contributed by atoms with Crippen molar-refractivity contribution in [2.45, 2.75) is 26.7 Å². The van der Waals surface area contributed by atoms with Gasteiger partial charge in [-0.2, -0.15) is 0 Å². The van der Waals surface area contributed by atoms with Gasteiger partial charge in [0.25, 0.3) is 0 Å². The number of aryl methyl sites for hydroxylation is 1. The largest absolute Gasteiger partial charge is 0.357 e. The van der Waals surface area contributed by atoms with Crippen LogP contribution in [0.4, 0.5) is 0 Å². The predicted octanol–water partition coefficient (Wildman–Crippen LogP) is 0.984. The second-order valence-corrected chi connectivity index (χ2v) is 8.36. The third-order valence-electron chi connectivity index (χ3n) is 2.59. The van der Waals surface area contributed by atoms with Crippen molar-refractivity contribution >= 4 is 27.1 Å². The summed E-state index contributed by atoms with van der Waals surface area (Å²) in [5, 5.41) is 7.48. The topological polar surface area (TPSA) is 83.5 Å². The molecule has 0 saturated heterocycles. The quantitative estimate of drug-likeness (QED) is 0.421. The molecule has 0 fully saturated rings. The summed E-state index contributed by atoms with van der Waals surface area (Å²) >= 11 is 1.70. The highest BCUT2D eigenvalue weighted by Crippen LogP contribution is 2.10. The average molecular weight is 332 g/mol. The summed E-state index contributed by atoms with van der Waals surface area (Å²) in [6, 6.07) is 0. The highest BCUT2D eigenvalue weighted by atomic mass is 32.2. The van der Waals surface area contributed by atoms with Crippen LogP contribution in [-0.2, 0) is 16.3 Å². The lowest BCUT2D eigenvalue weighted by Gasteiger charge is -2.10. The molecule has 1 aromatic rings. The third-order valence-corrected chi connectivity index (χ3v) is 4.59. The molecule has 0 bridgehead atoms.